The van der Waals surface area contributed by atoms with Gasteiger partial charge in [-0.05, 0) is 63.3 Å². The number of urea groups is 1. The van der Waals surface area contributed by atoms with Crippen molar-refractivity contribution in [3.63, 3.8) is 0 Å². The van der Waals surface area contributed by atoms with Gasteiger partial charge in [-0.3, -0.25) is 14.7 Å². The first-order valence-electron chi connectivity index (χ1n) is 11.2. The zero-order valence-electron chi connectivity index (χ0n) is 18.6. The zero-order chi connectivity index (χ0) is 22.5. The molecule has 2 heterocycles. The summed E-state index contributed by atoms with van der Waals surface area (Å²) in [4.78, 5) is 25.6. The van der Waals surface area contributed by atoms with E-state index in [9.17, 15) is 9.59 Å². The van der Waals surface area contributed by atoms with Gasteiger partial charge in [-0.15, -0.1) is 10.2 Å². The van der Waals surface area contributed by atoms with Gasteiger partial charge >= 0.3 is 6.03 Å². The number of amides is 3. The molecule has 4 rings (SSSR count). The number of hydrogen-bond donors (Lipinski definition) is 3. The number of rotatable bonds is 8. The molecular weight excluding hydrogens is 428 g/mol. The van der Waals surface area contributed by atoms with Gasteiger partial charge in [0.2, 0.25) is 5.91 Å². The van der Waals surface area contributed by atoms with Crippen molar-refractivity contribution in [3.05, 3.63) is 30.1 Å². The van der Waals surface area contributed by atoms with E-state index < -0.39 is 6.03 Å². The summed E-state index contributed by atoms with van der Waals surface area (Å²) in [7, 11) is 1.64. The molecule has 2 aromatic rings. The van der Waals surface area contributed by atoms with E-state index in [1.165, 1.54) is 35.9 Å². The van der Waals surface area contributed by atoms with Crippen LogP contribution in [0, 0.1) is 0 Å². The van der Waals surface area contributed by atoms with Crippen molar-refractivity contribution in [2.24, 2.45) is 0 Å². The fraction of sp³-hybridized carbons (Fsp3) is 0.545. The van der Waals surface area contributed by atoms with Gasteiger partial charge in [0.15, 0.2) is 11.0 Å². The van der Waals surface area contributed by atoms with Crippen LogP contribution in [0.3, 0.4) is 0 Å². The number of likely N-dealkylation sites (tertiary alicyclic amines) is 1. The molecule has 3 N–H and O–H groups in total. The van der Waals surface area contributed by atoms with E-state index in [0.717, 1.165) is 43.2 Å². The van der Waals surface area contributed by atoms with Crippen LogP contribution < -0.4 is 20.3 Å². The average molecular weight is 460 g/mol. The molecule has 1 aliphatic heterocycles. The molecule has 32 heavy (non-hydrogen) atoms. The van der Waals surface area contributed by atoms with E-state index in [1.807, 2.05) is 28.8 Å². The van der Waals surface area contributed by atoms with Gasteiger partial charge in [0.1, 0.15) is 11.8 Å². The normalized spacial score (nSPS) is 17.6. The number of aromatic nitrogens is 3. The number of carbonyl (C=O) groups excluding carboxylic acids is 2. The molecule has 1 saturated heterocycles. The monoisotopic (exact) mass is 459 g/mol. The van der Waals surface area contributed by atoms with Gasteiger partial charge in [0.25, 0.3) is 0 Å². The lowest BCUT2D eigenvalue weighted by atomic mass is 10.1. The molecule has 1 atom stereocenters. The van der Waals surface area contributed by atoms with Crippen molar-refractivity contribution < 1.29 is 19.2 Å². The molecule has 0 radical (unpaired) electrons. The average Bonchev–Trinajstić information content (AvgIpc) is 3.52. The summed E-state index contributed by atoms with van der Waals surface area (Å²) >= 11 is 1.28. The van der Waals surface area contributed by atoms with E-state index in [-0.39, 0.29) is 23.7 Å². The third-order valence-electron chi connectivity index (χ3n) is 5.98. The number of thioether (sulfide) groups is 1. The van der Waals surface area contributed by atoms with Crippen LogP contribution in [0.25, 0.3) is 5.69 Å². The number of carbonyl (C=O) groups is 2. The smallest absolute Gasteiger partial charge is 0.321 e. The highest BCUT2D eigenvalue weighted by Gasteiger charge is 2.29. The van der Waals surface area contributed by atoms with Crippen molar-refractivity contribution in [2.75, 3.05) is 26.0 Å². The van der Waals surface area contributed by atoms with Crippen molar-refractivity contribution in [1.82, 2.24) is 25.4 Å². The van der Waals surface area contributed by atoms with Crippen LogP contribution in [-0.4, -0.2) is 58.7 Å². The second-order valence-electron chi connectivity index (χ2n) is 8.40. The van der Waals surface area contributed by atoms with Gasteiger partial charge in [-0.25, -0.2) is 4.79 Å². The molecule has 1 aromatic carbocycles. The van der Waals surface area contributed by atoms with Gasteiger partial charge < -0.3 is 15.0 Å². The molecule has 0 bridgehead atoms. The Labute approximate surface area is 192 Å². The molecule has 10 heteroatoms. The van der Waals surface area contributed by atoms with E-state index in [1.54, 1.807) is 7.11 Å². The SMILES string of the molecule is COc1ccc(-n2c(SCC(=O)NC(=O)NC3CC3)nnc2C(C)[NH+]2CCCCC2)cc1. The van der Waals surface area contributed by atoms with E-state index in [2.05, 4.69) is 27.8 Å². The maximum atomic E-state index is 12.3. The van der Waals surface area contributed by atoms with Crippen molar-refractivity contribution in [2.45, 2.75) is 56.3 Å². The Hall–Kier alpha value is -2.59. The van der Waals surface area contributed by atoms with Gasteiger partial charge in [0, 0.05) is 11.7 Å². The number of benzene rings is 1. The Morgan fingerprint density at radius 3 is 2.56 bits per heavy atom. The molecule has 0 spiro atoms. The summed E-state index contributed by atoms with van der Waals surface area (Å²) in [6, 6.07) is 7.70. The molecule has 9 nitrogen and oxygen atoms in total. The number of ether oxygens (including phenoxy) is 1. The minimum atomic E-state index is -0.433. The minimum absolute atomic E-state index is 0.0807. The summed E-state index contributed by atoms with van der Waals surface area (Å²) < 4.78 is 7.32. The standard InChI is InChI=1S/C22H30N6O3S/c1-15(27-12-4-3-5-13-27)20-25-26-22(28(20)17-8-10-18(31-2)11-9-17)32-14-19(29)24-21(30)23-16-6-7-16/h8-11,15-16H,3-7,12-14H2,1-2H3,(H2,23,24,29,30)/p+1. The quantitative estimate of drug-likeness (QED) is 0.517. The van der Waals surface area contributed by atoms with E-state index in [4.69, 9.17) is 4.74 Å². The summed E-state index contributed by atoms with van der Waals surface area (Å²) in [5.41, 5.74) is 0.920. The molecule has 1 aliphatic carbocycles. The molecule has 2 fully saturated rings. The number of quaternary nitrogens is 1. The summed E-state index contributed by atoms with van der Waals surface area (Å²) in [5.74, 6) is 1.38. The lowest BCUT2D eigenvalue weighted by molar-refractivity contribution is -0.935. The third kappa shape index (κ3) is 5.60. The third-order valence-corrected chi connectivity index (χ3v) is 6.91. The highest BCUT2D eigenvalue weighted by Crippen LogP contribution is 2.26. The molecule has 1 unspecified atom stereocenters. The number of methoxy groups -OCH3 is 1. The highest BCUT2D eigenvalue weighted by molar-refractivity contribution is 7.99. The van der Waals surface area contributed by atoms with Crippen molar-refractivity contribution in [1.29, 1.82) is 0 Å². The number of imide groups is 1. The lowest BCUT2D eigenvalue weighted by Gasteiger charge is -2.29. The van der Waals surface area contributed by atoms with Gasteiger partial charge in [-0.2, -0.15) is 0 Å². The fourth-order valence-corrected chi connectivity index (χ4v) is 4.75. The molecule has 1 aromatic heterocycles. The fourth-order valence-electron chi connectivity index (χ4n) is 3.99. The number of nitrogens with zero attached hydrogens (tertiary/aromatic N) is 3. The first-order valence-corrected chi connectivity index (χ1v) is 12.2. The van der Waals surface area contributed by atoms with Crippen LogP contribution in [0.1, 0.15) is 50.9 Å². The first kappa shape index (κ1) is 22.6. The van der Waals surface area contributed by atoms with E-state index >= 15 is 0 Å². The first-order chi connectivity index (χ1) is 15.5. The summed E-state index contributed by atoms with van der Waals surface area (Å²) in [6.07, 6.45) is 5.68. The highest BCUT2D eigenvalue weighted by atomic mass is 32.2. The van der Waals surface area contributed by atoms with Gasteiger partial charge in [0.05, 0.1) is 26.0 Å². The second-order valence-corrected chi connectivity index (χ2v) is 9.34. The van der Waals surface area contributed by atoms with Crippen LogP contribution in [0.4, 0.5) is 4.79 Å². The molecular formula is C22H31N6O3S+. The Bertz CT molecular complexity index is 938. The van der Waals surface area contributed by atoms with Crippen molar-refractivity contribution in [3.8, 4) is 11.4 Å². The van der Waals surface area contributed by atoms with Crippen molar-refractivity contribution >= 4 is 23.7 Å². The zero-order valence-corrected chi connectivity index (χ0v) is 19.4. The molecule has 172 valence electrons. The summed E-state index contributed by atoms with van der Waals surface area (Å²) in [5, 5.41) is 14.7. The van der Waals surface area contributed by atoms with Crippen LogP contribution >= 0.6 is 11.8 Å². The van der Waals surface area contributed by atoms with Crippen LogP contribution in [0.15, 0.2) is 29.4 Å². The predicted molar refractivity (Wildman–Crippen MR) is 121 cm³/mol. The minimum Gasteiger partial charge on any atom is -0.497 e. The maximum Gasteiger partial charge on any atom is 0.321 e. The largest absolute Gasteiger partial charge is 0.497 e. The Morgan fingerprint density at radius 1 is 1.19 bits per heavy atom. The number of hydrogen-bond acceptors (Lipinski definition) is 6. The topological polar surface area (TPSA) is 103 Å². The van der Waals surface area contributed by atoms with Gasteiger partial charge in [-0.1, -0.05) is 11.8 Å². The van der Waals surface area contributed by atoms with Crippen LogP contribution in [0.2, 0.25) is 0 Å². The second kappa shape index (κ2) is 10.4. The maximum absolute atomic E-state index is 12.3. The van der Waals surface area contributed by atoms with E-state index in [0.29, 0.717) is 5.16 Å². The number of piperidine rings is 1. The lowest BCUT2D eigenvalue weighted by Crippen LogP contribution is -3.12. The van der Waals surface area contributed by atoms with Crippen LogP contribution in [-0.2, 0) is 4.79 Å². The number of nitrogens with one attached hydrogen (secondary N) is 3. The predicted octanol–water partition coefficient (Wildman–Crippen LogP) is 1.49. The Balaban J connectivity index is 1.51. The van der Waals surface area contributed by atoms with Crippen LogP contribution in [0.5, 0.6) is 5.75 Å². The molecule has 3 amide bonds. The Morgan fingerprint density at radius 2 is 1.91 bits per heavy atom. The Kier molecular flexibility index (Phi) is 7.31. The summed E-state index contributed by atoms with van der Waals surface area (Å²) in [6.45, 7) is 4.43. The molecule has 2 aliphatic rings. The molecule has 1 saturated carbocycles.